The number of piperidine rings is 2. The van der Waals surface area contributed by atoms with Gasteiger partial charge in [-0.15, -0.1) is 0 Å². The number of carbonyl (C=O) groups excluding carboxylic acids is 3. The Bertz CT molecular complexity index is 1380. The van der Waals surface area contributed by atoms with Crippen molar-refractivity contribution in [3.8, 4) is 5.75 Å². The molecule has 192 valence electrons. The molecule has 0 spiro atoms. The molecule has 37 heavy (non-hydrogen) atoms. The lowest BCUT2D eigenvalue weighted by atomic mass is 10.0. The van der Waals surface area contributed by atoms with Gasteiger partial charge in [-0.2, -0.15) is 0 Å². The Kier molecular flexibility index (Phi) is 6.20. The summed E-state index contributed by atoms with van der Waals surface area (Å²) in [6.45, 7) is 2.90. The number of aryl methyl sites for hydroxylation is 1. The van der Waals surface area contributed by atoms with Gasteiger partial charge < -0.3 is 14.2 Å². The van der Waals surface area contributed by atoms with E-state index in [0.717, 1.165) is 30.8 Å². The summed E-state index contributed by atoms with van der Waals surface area (Å²) in [5.41, 5.74) is 4.06. The Hall–Kier alpha value is -3.65. The van der Waals surface area contributed by atoms with Crippen LogP contribution in [0.25, 0.3) is 10.9 Å². The predicted octanol–water partition coefficient (Wildman–Crippen LogP) is 3.37. The summed E-state index contributed by atoms with van der Waals surface area (Å²) in [5.74, 6) is -0.0901. The maximum absolute atomic E-state index is 13.0. The smallest absolute Gasteiger partial charge is 0.255 e. The molecular weight excluding hydrogens is 468 g/mol. The van der Waals surface area contributed by atoms with E-state index in [2.05, 4.69) is 52.3 Å². The fraction of sp³-hybridized carbons (Fsp3) is 0.414. The van der Waals surface area contributed by atoms with Gasteiger partial charge in [0.1, 0.15) is 18.4 Å². The topological polar surface area (TPSA) is 83.9 Å². The van der Waals surface area contributed by atoms with Gasteiger partial charge >= 0.3 is 0 Å². The van der Waals surface area contributed by atoms with Crippen molar-refractivity contribution >= 4 is 28.6 Å². The third kappa shape index (κ3) is 4.50. The van der Waals surface area contributed by atoms with Gasteiger partial charge in [0.05, 0.1) is 0 Å². The molecule has 0 radical (unpaired) electrons. The average molecular weight is 501 g/mol. The van der Waals surface area contributed by atoms with E-state index in [0.29, 0.717) is 31.2 Å². The Labute approximate surface area is 216 Å². The zero-order chi connectivity index (χ0) is 25.5. The lowest BCUT2D eigenvalue weighted by Crippen LogP contribution is -2.52. The summed E-state index contributed by atoms with van der Waals surface area (Å²) in [6.07, 6.45) is 6.21. The van der Waals surface area contributed by atoms with Crippen LogP contribution in [0.1, 0.15) is 53.6 Å². The minimum Gasteiger partial charge on any atom is -0.492 e. The Morgan fingerprint density at radius 3 is 2.81 bits per heavy atom. The van der Waals surface area contributed by atoms with E-state index < -0.39 is 11.9 Å². The van der Waals surface area contributed by atoms with Gasteiger partial charge in [0.25, 0.3) is 5.91 Å². The van der Waals surface area contributed by atoms with E-state index in [-0.39, 0.29) is 18.2 Å². The molecule has 0 saturated carbocycles. The molecule has 3 amide bonds. The minimum atomic E-state index is -0.605. The SMILES string of the molecule is Cn1ccc2c(CN3CCCC[C@H]3COc3ccc4c(c3)CN(C3CCC(=O)NC3=O)C4=O)cccc21. The quantitative estimate of drug-likeness (QED) is 0.525. The standard InChI is InChI=1S/C29H32N4O4/c1-31-14-12-23-19(5-4-7-25(23)31)16-32-13-3-2-6-21(32)18-37-22-8-9-24-20(15-22)17-33(29(24)36)26-10-11-27(34)30-28(26)35/h4-5,7-9,12,14-15,21,26H,2-3,6,10-11,13,16-18H2,1H3,(H,30,34,35)/t21-,26?/m0/s1. The highest BCUT2D eigenvalue weighted by Gasteiger charge is 2.39. The molecule has 0 bridgehead atoms. The highest BCUT2D eigenvalue weighted by atomic mass is 16.5. The number of aromatic nitrogens is 1. The zero-order valence-corrected chi connectivity index (χ0v) is 21.1. The number of likely N-dealkylation sites (tertiary alicyclic amines) is 1. The highest BCUT2D eigenvalue weighted by Crippen LogP contribution is 2.31. The maximum Gasteiger partial charge on any atom is 0.255 e. The monoisotopic (exact) mass is 500 g/mol. The van der Waals surface area contributed by atoms with Crippen molar-refractivity contribution in [3.05, 3.63) is 65.4 Å². The fourth-order valence-electron chi connectivity index (χ4n) is 6.01. The predicted molar refractivity (Wildman–Crippen MR) is 139 cm³/mol. The first-order valence-corrected chi connectivity index (χ1v) is 13.2. The first-order chi connectivity index (χ1) is 18.0. The van der Waals surface area contributed by atoms with Crippen molar-refractivity contribution in [1.82, 2.24) is 19.7 Å². The molecule has 3 aliphatic heterocycles. The molecule has 8 heteroatoms. The van der Waals surface area contributed by atoms with Crippen LogP contribution in [-0.2, 0) is 29.7 Å². The molecule has 4 heterocycles. The molecule has 2 aromatic carbocycles. The molecule has 6 rings (SSSR count). The number of nitrogens with zero attached hydrogens (tertiary/aromatic N) is 3. The van der Waals surface area contributed by atoms with Gasteiger partial charge in [0, 0.05) is 55.3 Å². The van der Waals surface area contributed by atoms with Gasteiger partial charge in [-0.25, -0.2) is 0 Å². The number of rotatable bonds is 6. The van der Waals surface area contributed by atoms with Crippen molar-refractivity contribution in [2.75, 3.05) is 13.2 Å². The molecule has 2 fully saturated rings. The van der Waals surface area contributed by atoms with Crippen molar-refractivity contribution in [3.63, 3.8) is 0 Å². The summed E-state index contributed by atoms with van der Waals surface area (Å²) < 4.78 is 8.44. The van der Waals surface area contributed by atoms with Crippen LogP contribution in [0.2, 0.25) is 0 Å². The third-order valence-corrected chi connectivity index (χ3v) is 8.08. The van der Waals surface area contributed by atoms with Crippen LogP contribution in [-0.4, -0.2) is 57.3 Å². The number of carbonyl (C=O) groups is 3. The molecule has 3 aliphatic rings. The van der Waals surface area contributed by atoms with Crippen LogP contribution in [0.4, 0.5) is 0 Å². The molecule has 1 aromatic heterocycles. The van der Waals surface area contributed by atoms with E-state index in [4.69, 9.17) is 4.74 Å². The lowest BCUT2D eigenvalue weighted by molar-refractivity contribution is -0.136. The van der Waals surface area contributed by atoms with Crippen LogP contribution in [0, 0.1) is 0 Å². The molecule has 3 aromatic rings. The van der Waals surface area contributed by atoms with Gasteiger partial charge in [-0.05, 0) is 67.3 Å². The number of nitrogens with one attached hydrogen (secondary N) is 1. The summed E-state index contributed by atoms with van der Waals surface area (Å²) >= 11 is 0. The number of amides is 3. The molecule has 1 N–H and O–H groups in total. The second-order valence-corrected chi connectivity index (χ2v) is 10.4. The summed E-state index contributed by atoms with van der Waals surface area (Å²) in [6, 6.07) is 14.0. The maximum atomic E-state index is 13.0. The zero-order valence-electron chi connectivity index (χ0n) is 21.1. The lowest BCUT2D eigenvalue weighted by Gasteiger charge is -2.35. The van der Waals surface area contributed by atoms with Crippen molar-refractivity contribution in [2.24, 2.45) is 7.05 Å². The number of hydrogen-bond donors (Lipinski definition) is 1. The summed E-state index contributed by atoms with van der Waals surface area (Å²) in [5, 5.41) is 3.66. The van der Waals surface area contributed by atoms with Gasteiger partial charge in [-0.1, -0.05) is 18.6 Å². The number of fused-ring (bicyclic) bond motifs is 2. The average Bonchev–Trinajstić information content (AvgIpc) is 3.43. The summed E-state index contributed by atoms with van der Waals surface area (Å²) in [4.78, 5) is 40.9. The molecule has 2 saturated heterocycles. The van der Waals surface area contributed by atoms with Gasteiger partial charge in [0.2, 0.25) is 11.8 Å². The summed E-state index contributed by atoms with van der Waals surface area (Å²) in [7, 11) is 2.08. The van der Waals surface area contributed by atoms with Crippen molar-refractivity contribution < 1.29 is 19.1 Å². The number of benzene rings is 2. The largest absolute Gasteiger partial charge is 0.492 e. The number of imide groups is 1. The van der Waals surface area contributed by atoms with Crippen LogP contribution in [0.3, 0.4) is 0 Å². The first kappa shape index (κ1) is 23.7. The van der Waals surface area contributed by atoms with E-state index in [1.807, 2.05) is 12.1 Å². The van der Waals surface area contributed by atoms with E-state index in [9.17, 15) is 14.4 Å². The fourth-order valence-corrected chi connectivity index (χ4v) is 6.01. The van der Waals surface area contributed by atoms with Gasteiger partial charge in [0.15, 0.2) is 0 Å². The van der Waals surface area contributed by atoms with Gasteiger partial charge in [-0.3, -0.25) is 24.6 Å². The third-order valence-electron chi connectivity index (χ3n) is 8.08. The highest BCUT2D eigenvalue weighted by molar-refractivity contribution is 6.05. The van der Waals surface area contributed by atoms with Crippen LogP contribution in [0.5, 0.6) is 5.75 Å². The van der Waals surface area contributed by atoms with Crippen molar-refractivity contribution in [2.45, 2.75) is 57.3 Å². The minimum absolute atomic E-state index is 0.162. The van der Waals surface area contributed by atoms with Crippen LogP contribution >= 0.6 is 0 Å². The second kappa shape index (κ2) is 9.67. The normalized spacial score (nSPS) is 22.4. The molecular formula is C29H32N4O4. The van der Waals surface area contributed by atoms with Crippen LogP contribution < -0.4 is 10.1 Å². The molecule has 8 nitrogen and oxygen atoms in total. The van der Waals surface area contributed by atoms with Crippen LogP contribution in [0.15, 0.2) is 48.7 Å². The molecule has 0 aliphatic carbocycles. The Morgan fingerprint density at radius 2 is 1.95 bits per heavy atom. The number of hydrogen-bond acceptors (Lipinski definition) is 5. The second-order valence-electron chi connectivity index (χ2n) is 10.4. The molecule has 2 atom stereocenters. The van der Waals surface area contributed by atoms with E-state index >= 15 is 0 Å². The Balaban J connectivity index is 1.13. The first-order valence-electron chi connectivity index (χ1n) is 13.2. The Morgan fingerprint density at radius 1 is 1.05 bits per heavy atom. The van der Waals surface area contributed by atoms with E-state index in [1.54, 1.807) is 11.0 Å². The van der Waals surface area contributed by atoms with E-state index in [1.165, 1.54) is 29.3 Å². The molecule has 1 unspecified atom stereocenters. The van der Waals surface area contributed by atoms with Crippen molar-refractivity contribution in [1.29, 1.82) is 0 Å². The number of ether oxygens (including phenoxy) is 1.